The van der Waals surface area contributed by atoms with Crippen molar-refractivity contribution >= 4 is 6.03 Å². The van der Waals surface area contributed by atoms with Crippen LogP contribution in [0.3, 0.4) is 0 Å². The van der Waals surface area contributed by atoms with Gasteiger partial charge in [-0.25, -0.2) is 13.6 Å². The third-order valence-corrected chi connectivity index (χ3v) is 4.58. The third kappa shape index (κ3) is 3.31. The maximum absolute atomic E-state index is 12.5. The molecule has 21 heavy (non-hydrogen) atoms. The average molecular weight is 295 g/mol. The van der Waals surface area contributed by atoms with Gasteiger partial charge in [0, 0.05) is 18.8 Å². The molecule has 2 saturated carbocycles. The van der Waals surface area contributed by atoms with Gasteiger partial charge in [-0.15, -0.1) is 0 Å². The smallest absolute Gasteiger partial charge is 0.315 e. The number of nitrogens with zero attached hydrogens (tertiary/aromatic N) is 1. The summed E-state index contributed by atoms with van der Waals surface area (Å²) in [5, 5.41) is 5.73. The molecule has 0 saturated heterocycles. The number of pyridine rings is 1. The number of hydrogen-bond donors (Lipinski definition) is 2. The Kier molecular flexibility index (Phi) is 4.03. The number of hydrogen-bond acceptors (Lipinski definition) is 2. The van der Waals surface area contributed by atoms with Crippen LogP contribution >= 0.6 is 0 Å². The Bertz CT molecular complexity index is 523. The van der Waals surface area contributed by atoms with Gasteiger partial charge in [-0.2, -0.15) is 0 Å². The second kappa shape index (κ2) is 5.95. The zero-order valence-electron chi connectivity index (χ0n) is 11.7. The number of urea groups is 1. The standard InChI is InChI=1S/C15H19F2N3O/c16-14(17)13-7-10(3-4-18-13)8-19-15(21)20-12-6-9-1-2-11(12)5-9/h3-4,7,9,11-12,14H,1-2,5-6,8H2,(H2,19,20,21)/t9-,11+,12+/m1/s1. The van der Waals surface area contributed by atoms with Crippen LogP contribution in [0.15, 0.2) is 18.3 Å². The van der Waals surface area contributed by atoms with Gasteiger partial charge in [0.15, 0.2) is 0 Å². The lowest BCUT2D eigenvalue weighted by Gasteiger charge is -2.23. The summed E-state index contributed by atoms with van der Waals surface area (Å²) in [7, 11) is 0. The zero-order chi connectivity index (χ0) is 14.8. The minimum absolute atomic E-state index is 0.219. The van der Waals surface area contributed by atoms with Gasteiger partial charge in [-0.1, -0.05) is 6.42 Å². The van der Waals surface area contributed by atoms with E-state index in [2.05, 4.69) is 15.6 Å². The molecule has 0 radical (unpaired) electrons. The molecule has 2 aliphatic carbocycles. The summed E-state index contributed by atoms with van der Waals surface area (Å²) in [5.74, 6) is 1.39. The quantitative estimate of drug-likeness (QED) is 0.897. The van der Waals surface area contributed by atoms with Crippen molar-refractivity contribution in [1.82, 2.24) is 15.6 Å². The number of rotatable bonds is 4. The topological polar surface area (TPSA) is 54.0 Å². The first-order valence-corrected chi connectivity index (χ1v) is 7.39. The molecule has 0 aromatic carbocycles. The average Bonchev–Trinajstić information content (AvgIpc) is 3.08. The van der Waals surface area contributed by atoms with Crippen LogP contribution in [0.25, 0.3) is 0 Å². The highest BCUT2D eigenvalue weighted by Gasteiger charge is 2.40. The molecular formula is C15H19F2N3O. The molecule has 0 unspecified atom stereocenters. The first kappa shape index (κ1) is 14.2. The first-order valence-electron chi connectivity index (χ1n) is 7.39. The number of fused-ring (bicyclic) bond motifs is 2. The first-order chi connectivity index (χ1) is 10.1. The second-order valence-corrected chi connectivity index (χ2v) is 6.00. The summed E-state index contributed by atoms with van der Waals surface area (Å²) >= 11 is 0. The minimum atomic E-state index is -2.59. The van der Waals surface area contributed by atoms with Crippen LogP contribution in [0.5, 0.6) is 0 Å². The van der Waals surface area contributed by atoms with Crippen molar-refractivity contribution in [2.24, 2.45) is 11.8 Å². The summed E-state index contributed by atoms with van der Waals surface area (Å²) in [4.78, 5) is 15.5. The maximum Gasteiger partial charge on any atom is 0.315 e. The van der Waals surface area contributed by atoms with Crippen LogP contribution in [0.2, 0.25) is 0 Å². The normalized spacial score (nSPS) is 27.1. The summed E-state index contributed by atoms with van der Waals surface area (Å²) < 4.78 is 25.1. The van der Waals surface area contributed by atoms with Gasteiger partial charge in [0.2, 0.25) is 0 Å². The minimum Gasteiger partial charge on any atom is -0.335 e. The van der Waals surface area contributed by atoms with Gasteiger partial charge >= 0.3 is 6.03 Å². The predicted molar refractivity (Wildman–Crippen MR) is 73.8 cm³/mol. The number of carbonyl (C=O) groups excluding carboxylic acids is 1. The highest BCUT2D eigenvalue weighted by molar-refractivity contribution is 5.74. The van der Waals surface area contributed by atoms with E-state index in [1.807, 2.05) is 0 Å². The van der Waals surface area contributed by atoms with E-state index in [-0.39, 0.29) is 24.3 Å². The number of halogens is 2. The molecule has 6 heteroatoms. The Labute approximate surface area is 122 Å². The van der Waals surface area contributed by atoms with Gasteiger partial charge in [0.05, 0.1) is 0 Å². The molecule has 4 nitrogen and oxygen atoms in total. The fourth-order valence-corrected chi connectivity index (χ4v) is 3.55. The molecule has 2 aliphatic rings. The van der Waals surface area contributed by atoms with Gasteiger partial charge in [0.1, 0.15) is 5.69 Å². The van der Waals surface area contributed by atoms with Crippen molar-refractivity contribution in [1.29, 1.82) is 0 Å². The Hall–Kier alpha value is -1.72. The van der Waals surface area contributed by atoms with Crippen LogP contribution in [0.1, 0.15) is 43.4 Å². The monoisotopic (exact) mass is 295 g/mol. The lowest BCUT2D eigenvalue weighted by molar-refractivity contribution is 0.146. The third-order valence-electron chi connectivity index (χ3n) is 4.58. The number of aromatic nitrogens is 1. The lowest BCUT2D eigenvalue weighted by Crippen LogP contribution is -2.44. The molecule has 2 N–H and O–H groups in total. The van der Waals surface area contributed by atoms with Crippen LogP contribution in [0.4, 0.5) is 13.6 Å². The molecule has 2 amide bonds. The van der Waals surface area contributed by atoms with Crippen LogP contribution in [-0.4, -0.2) is 17.1 Å². The van der Waals surface area contributed by atoms with E-state index in [1.165, 1.54) is 31.5 Å². The van der Waals surface area contributed by atoms with E-state index in [4.69, 9.17) is 0 Å². The highest BCUT2D eigenvalue weighted by atomic mass is 19.3. The van der Waals surface area contributed by atoms with Crippen molar-refractivity contribution in [3.05, 3.63) is 29.6 Å². The van der Waals surface area contributed by atoms with Gasteiger partial charge in [-0.3, -0.25) is 4.98 Å². The molecular weight excluding hydrogens is 276 g/mol. The zero-order valence-corrected chi connectivity index (χ0v) is 11.7. The van der Waals surface area contributed by atoms with E-state index in [0.29, 0.717) is 11.5 Å². The Morgan fingerprint density at radius 3 is 2.90 bits per heavy atom. The van der Waals surface area contributed by atoms with Crippen molar-refractivity contribution in [3.63, 3.8) is 0 Å². The van der Waals surface area contributed by atoms with Crippen LogP contribution < -0.4 is 10.6 Å². The van der Waals surface area contributed by atoms with Crippen molar-refractivity contribution in [2.45, 2.75) is 44.7 Å². The van der Waals surface area contributed by atoms with E-state index < -0.39 is 6.43 Å². The van der Waals surface area contributed by atoms with Crippen molar-refractivity contribution in [2.75, 3.05) is 0 Å². The van der Waals surface area contributed by atoms with E-state index in [1.54, 1.807) is 6.07 Å². The van der Waals surface area contributed by atoms with Crippen LogP contribution in [0, 0.1) is 11.8 Å². The van der Waals surface area contributed by atoms with E-state index >= 15 is 0 Å². The number of carbonyl (C=O) groups is 1. The lowest BCUT2D eigenvalue weighted by atomic mass is 9.95. The largest absolute Gasteiger partial charge is 0.335 e. The van der Waals surface area contributed by atoms with Crippen LogP contribution in [-0.2, 0) is 6.54 Å². The summed E-state index contributed by atoms with van der Waals surface area (Å²) in [6, 6.07) is 3.01. The number of amides is 2. The van der Waals surface area contributed by atoms with E-state index in [0.717, 1.165) is 12.3 Å². The molecule has 1 heterocycles. The fourth-order valence-electron chi connectivity index (χ4n) is 3.55. The second-order valence-electron chi connectivity index (χ2n) is 6.00. The van der Waals surface area contributed by atoms with Gasteiger partial charge in [-0.05, 0) is 48.8 Å². The maximum atomic E-state index is 12.5. The molecule has 3 atom stereocenters. The SMILES string of the molecule is O=C(NCc1ccnc(C(F)F)c1)N[C@H]1C[C@@H]2CC[C@H]1C2. The summed E-state index contributed by atoms with van der Waals surface area (Å²) in [6.45, 7) is 0.231. The molecule has 1 aromatic heterocycles. The van der Waals surface area contributed by atoms with Gasteiger partial charge in [0.25, 0.3) is 6.43 Å². The van der Waals surface area contributed by atoms with Crippen molar-refractivity contribution in [3.8, 4) is 0 Å². The molecule has 0 aliphatic heterocycles. The number of nitrogens with one attached hydrogen (secondary N) is 2. The molecule has 1 aromatic rings. The Morgan fingerprint density at radius 2 is 2.24 bits per heavy atom. The summed E-state index contributed by atoms with van der Waals surface area (Å²) in [5.41, 5.74) is 0.367. The van der Waals surface area contributed by atoms with Gasteiger partial charge < -0.3 is 10.6 Å². The Morgan fingerprint density at radius 1 is 1.38 bits per heavy atom. The molecule has 2 fully saturated rings. The molecule has 0 spiro atoms. The van der Waals surface area contributed by atoms with E-state index in [9.17, 15) is 13.6 Å². The molecule has 3 rings (SSSR count). The predicted octanol–water partition coefficient (Wildman–Crippen LogP) is 3.01. The molecule has 2 bridgehead atoms. The molecule has 114 valence electrons. The highest BCUT2D eigenvalue weighted by Crippen LogP contribution is 2.44. The number of alkyl halides is 2. The van der Waals surface area contributed by atoms with Crippen molar-refractivity contribution < 1.29 is 13.6 Å². The summed E-state index contributed by atoms with van der Waals surface area (Å²) in [6.07, 6.45) is 3.55. The Balaban J connectivity index is 1.48. The fraction of sp³-hybridized carbons (Fsp3) is 0.600.